The monoisotopic (exact) mass is 777 g/mol. The second kappa shape index (κ2) is 16.4. The smallest absolute Gasteiger partial charge is 0.421 e. The molecule has 294 valence electrons. The molecule has 1 fully saturated rings. The Morgan fingerprint density at radius 1 is 1.00 bits per heavy atom. The zero-order chi connectivity index (χ0) is 39.4. The maximum atomic E-state index is 14.3. The van der Waals surface area contributed by atoms with Crippen LogP contribution in [0.2, 0.25) is 0 Å². The molecule has 5 rings (SSSR count). The molecule has 18 heteroatoms. The minimum Gasteiger partial charge on any atom is -0.495 e. The van der Waals surface area contributed by atoms with Crippen molar-refractivity contribution in [2.45, 2.75) is 52.6 Å². The van der Waals surface area contributed by atoms with Crippen LogP contribution in [-0.4, -0.2) is 89.2 Å². The van der Waals surface area contributed by atoms with Gasteiger partial charge in [0, 0.05) is 56.7 Å². The number of hydrogen-bond acceptors (Lipinski definition) is 13. The van der Waals surface area contributed by atoms with E-state index in [0.29, 0.717) is 60.1 Å². The first kappa shape index (κ1) is 40.6. The van der Waals surface area contributed by atoms with Gasteiger partial charge in [0.25, 0.3) is 0 Å². The number of aromatic nitrogens is 3. The maximum Gasteiger partial charge on any atom is 0.421 e. The maximum absolute atomic E-state index is 14.3. The summed E-state index contributed by atoms with van der Waals surface area (Å²) >= 11 is 0. The third-order valence-corrected chi connectivity index (χ3v) is 10.5. The first-order valence-corrected chi connectivity index (χ1v) is 19.2. The number of aromatic hydroxyl groups is 1. The van der Waals surface area contributed by atoms with E-state index in [1.165, 1.54) is 11.7 Å². The van der Waals surface area contributed by atoms with E-state index in [9.17, 15) is 27.6 Å². The SMILES string of the molecule is CCOP(=O)(Cc1ccc(Nc2ncc(C(F)(F)F)c(Nc3ccc(N4CCN(CC(=O)OC(C)(C)C)CC4)c4cn(C)c(O)c34)n2)c(OC)c1)OCC. The van der Waals surface area contributed by atoms with Crippen LogP contribution in [0.5, 0.6) is 11.6 Å². The zero-order valence-corrected chi connectivity index (χ0v) is 32.3. The number of carbonyl (C=O) groups excluding carboxylic acids is 1. The molecule has 2 aromatic heterocycles. The molecule has 0 unspecified atom stereocenters. The number of anilines is 5. The van der Waals surface area contributed by atoms with Crippen molar-refractivity contribution in [3.8, 4) is 11.6 Å². The Labute approximate surface area is 312 Å². The summed E-state index contributed by atoms with van der Waals surface area (Å²) in [5.74, 6) is -0.869. The largest absolute Gasteiger partial charge is 0.495 e. The van der Waals surface area contributed by atoms with Gasteiger partial charge in [0.15, 0.2) is 0 Å². The summed E-state index contributed by atoms with van der Waals surface area (Å²) in [5.41, 5.74) is 0.208. The lowest BCUT2D eigenvalue weighted by Crippen LogP contribution is -2.48. The van der Waals surface area contributed by atoms with Crippen molar-refractivity contribution < 1.29 is 46.2 Å². The Morgan fingerprint density at radius 2 is 1.67 bits per heavy atom. The highest BCUT2D eigenvalue weighted by atomic mass is 31.2. The van der Waals surface area contributed by atoms with Crippen LogP contribution in [0.1, 0.15) is 45.7 Å². The second-order valence-electron chi connectivity index (χ2n) is 13.7. The molecule has 0 bridgehead atoms. The van der Waals surface area contributed by atoms with E-state index in [4.69, 9.17) is 18.5 Å². The summed E-state index contributed by atoms with van der Waals surface area (Å²) in [6.45, 7) is 11.8. The molecular weight excluding hydrogens is 730 g/mol. The fraction of sp³-hybridized carbons (Fsp3) is 0.472. The fourth-order valence-electron chi connectivity index (χ4n) is 6.17. The van der Waals surface area contributed by atoms with E-state index in [2.05, 4.69) is 25.5 Å². The minimum absolute atomic E-state index is 0.0138. The van der Waals surface area contributed by atoms with Crippen LogP contribution >= 0.6 is 7.60 Å². The van der Waals surface area contributed by atoms with Gasteiger partial charge >= 0.3 is 19.7 Å². The van der Waals surface area contributed by atoms with Crippen molar-refractivity contribution in [1.82, 2.24) is 19.4 Å². The van der Waals surface area contributed by atoms with Gasteiger partial charge in [-0.15, -0.1) is 0 Å². The van der Waals surface area contributed by atoms with Crippen LogP contribution in [-0.2, 0) is 42.5 Å². The van der Waals surface area contributed by atoms with Crippen LogP contribution in [0, 0.1) is 0 Å². The summed E-state index contributed by atoms with van der Waals surface area (Å²) in [6.07, 6.45) is -2.44. The van der Waals surface area contributed by atoms with Gasteiger partial charge in [0.2, 0.25) is 11.8 Å². The van der Waals surface area contributed by atoms with Gasteiger partial charge in [-0.05, 0) is 64.4 Å². The summed E-state index contributed by atoms with van der Waals surface area (Å²) < 4.78 is 79.3. The van der Waals surface area contributed by atoms with Crippen LogP contribution in [0.25, 0.3) is 10.8 Å². The highest BCUT2D eigenvalue weighted by Gasteiger charge is 2.36. The predicted molar refractivity (Wildman–Crippen MR) is 200 cm³/mol. The molecule has 3 N–H and O–H groups in total. The molecule has 0 atom stereocenters. The molecule has 1 aliphatic heterocycles. The molecule has 4 aromatic rings. The summed E-state index contributed by atoms with van der Waals surface area (Å²) in [6, 6.07) is 8.27. The predicted octanol–water partition coefficient (Wildman–Crippen LogP) is 7.42. The number of nitrogens with one attached hydrogen (secondary N) is 2. The summed E-state index contributed by atoms with van der Waals surface area (Å²) in [4.78, 5) is 24.6. The highest BCUT2D eigenvalue weighted by Crippen LogP contribution is 2.52. The topological polar surface area (TPSA) is 153 Å². The minimum atomic E-state index is -4.81. The number of ether oxygens (including phenoxy) is 2. The van der Waals surface area contributed by atoms with Crippen molar-refractivity contribution in [3.05, 3.63) is 53.9 Å². The Kier molecular flexibility index (Phi) is 12.4. The average Bonchev–Trinajstić information content (AvgIpc) is 3.38. The number of halogens is 3. The van der Waals surface area contributed by atoms with E-state index in [1.807, 2.05) is 25.7 Å². The number of piperazine rings is 1. The van der Waals surface area contributed by atoms with E-state index in [-0.39, 0.29) is 49.4 Å². The van der Waals surface area contributed by atoms with Gasteiger partial charge < -0.3 is 43.7 Å². The van der Waals surface area contributed by atoms with Gasteiger partial charge in [-0.2, -0.15) is 18.2 Å². The molecular formula is C36H47F3N7O7P. The number of aryl methyl sites for hydroxylation is 1. The Bertz CT molecular complexity index is 2000. The Balaban J connectivity index is 1.41. The van der Waals surface area contributed by atoms with Crippen molar-refractivity contribution in [2.24, 2.45) is 7.05 Å². The Hall–Kier alpha value is -4.57. The summed E-state index contributed by atoms with van der Waals surface area (Å²) in [5, 5.41) is 17.8. The molecule has 0 aliphatic carbocycles. The fourth-order valence-corrected chi connectivity index (χ4v) is 7.86. The number of esters is 1. The van der Waals surface area contributed by atoms with Crippen molar-refractivity contribution in [3.63, 3.8) is 0 Å². The third kappa shape index (κ3) is 9.75. The van der Waals surface area contributed by atoms with Crippen LogP contribution in [0.4, 0.5) is 42.0 Å². The normalized spacial score (nSPS) is 14.4. The molecule has 14 nitrogen and oxygen atoms in total. The van der Waals surface area contributed by atoms with Crippen LogP contribution in [0.15, 0.2) is 42.7 Å². The quantitative estimate of drug-likeness (QED) is 0.0861. The Morgan fingerprint density at radius 3 is 2.28 bits per heavy atom. The van der Waals surface area contributed by atoms with Crippen LogP contribution < -0.4 is 20.3 Å². The number of hydrogen-bond donors (Lipinski definition) is 3. The molecule has 0 spiro atoms. The first-order chi connectivity index (χ1) is 25.4. The lowest BCUT2D eigenvalue weighted by atomic mass is 10.1. The standard InChI is InChI=1S/C36H47F3N7O7P/c1-8-51-54(49,52-9-2)22-23-10-11-26(29(18-23)50-7)42-34-40-19-25(36(37,38)39)32(43-34)41-27-12-13-28(24-20-44(6)33(48)31(24)27)46-16-14-45(15-17-46)21-30(47)53-35(3,4)5/h10-13,18-20,48H,8-9,14-17,21-22H2,1-7H3,(H2,40,41,42,43). The van der Waals surface area contributed by atoms with Gasteiger partial charge in [0.1, 0.15) is 22.7 Å². The lowest BCUT2D eigenvalue weighted by molar-refractivity contribution is -0.156. The highest BCUT2D eigenvalue weighted by molar-refractivity contribution is 7.53. The van der Waals surface area contributed by atoms with E-state index >= 15 is 0 Å². The molecule has 2 aromatic carbocycles. The number of benzene rings is 2. The van der Waals surface area contributed by atoms with E-state index in [0.717, 1.165) is 5.69 Å². The molecule has 0 radical (unpaired) electrons. The van der Waals surface area contributed by atoms with Crippen molar-refractivity contribution >= 4 is 53.2 Å². The molecule has 0 saturated carbocycles. The number of methoxy groups -OCH3 is 1. The van der Waals surface area contributed by atoms with Gasteiger partial charge in [0.05, 0.1) is 49.8 Å². The second-order valence-corrected chi connectivity index (χ2v) is 15.7. The molecule has 54 heavy (non-hydrogen) atoms. The molecule has 3 heterocycles. The van der Waals surface area contributed by atoms with Gasteiger partial charge in [-0.3, -0.25) is 14.3 Å². The molecule has 1 aliphatic rings. The average molecular weight is 778 g/mol. The van der Waals surface area contributed by atoms with Crippen molar-refractivity contribution in [1.29, 1.82) is 0 Å². The number of rotatable bonds is 14. The number of nitrogens with zero attached hydrogens (tertiary/aromatic N) is 5. The van der Waals surface area contributed by atoms with E-state index in [1.54, 1.807) is 57.4 Å². The zero-order valence-electron chi connectivity index (χ0n) is 31.4. The van der Waals surface area contributed by atoms with Crippen LogP contribution in [0.3, 0.4) is 0 Å². The lowest BCUT2D eigenvalue weighted by Gasteiger charge is -2.36. The third-order valence-electron chi connectivity index (χ3n) is 8.48. The number of alkyl halides is 3. The number of fused-ring (bicyclic) bond motifs is 1. The van der Waals surface area contributed by atoms with E-state index < -0.39 is 30.8 Å². The first-order valence-electron chi connectivity index (χ1n) is 17.5. The summed E-state index contributed by atoms with van der Waals surface area (Å²) in [7, 11) is -0.357. The van der Waals surface area contributed by atoms with Crippen molar-refractivity contribution in [2.75, 3.05) is 68.6 Å². The van der Waals surface area contributed by atoms with Gasteiger partial charge in [-0.1, -0.05) is 6.07 Å². The molecule has 1 saturated heterocycles. The molecule has 0 amide bonds. The van der Waals surface area contributed by atoms with Gasteiger partial charge in [-0.25, -0.2) is 4.98 Å². The number of carbonyl (C=O) groups is 1.